The van der Waals surface area contributed by atoms with Gasteiger partial charge in [-0.1, -0.05) is 42.5 Å². The molecule has 4 heteroatoms. The van der Waals surface area contributed by atoms with Gasteiger partial charge in [0.2, 0.25) is 5.91 Å². The van der Waals surface area contributed by atoms with E-state index in [-0.39, 0.29) is 5.91 Å². The molecule has 0 unspecified atom stereocenters. The summed E-state index contributed by atoms with van der Waals surface area (Å²) in [5, 5.41) is 0. The SMILES string of the molecule is O=C(CCn1cccc1)N1CCN(C/C=C/c2ccccc2)CC1. The predicted octanol–water partition coefficient (Wildman–Crippen LogP) is 2.74. The van der Waals surface area contributed by atoms with Crippen molar-refractivity contribution in [2.24, 2.45) is 0 Å². The maximum absolute atomic E-state index is 12.3. The molecule has 0 spiro atoms. The summed E-state index contributed by atoms with van der Waals surface area (Å²) < 4.78 is 2.06. The van der Waals surface area contributed by atoms with Gasteiger partial charge in [-0.3, -0.25) is 9.69 Å². The van der Waals surface area contributed by atoms with Crippen molar-refractivity contribution in [2.45, 2.75) is 13.0 Å². The van der Waals surface area contributed by atoms with Gasteiger partial charge in [0, 0.05) is 58.1 Å². The average molecular weight is 323 g/mol. The highest BCUT2D eigenvalue weighted by atomic mass is 16.2. The molecule has 2 heterocycles. The van der Waals surface area contributed by atoms with E-state index in [1.807, 2.05) is 35.5 Å². The lowest BCUT2D eigenvalue weighted by Crippen LogP contribution is -2.48. The van der Waals surface area contributed by atoms with E-state index in [1.165, 1.54) is 5.56 Å². The maximum atomic E-state index is 12.3. The fourth-order valence-corrected chi connectivity index (χ4v) is 2.98. The number of hydrogen-bond acceptors (Lipinski definition) is 2. The van der Waals surface area contributed by atoms with Crippen LogP contribution in [-0.4, -0.2) is 53.0 Å². The van der Waals surface area contributed by atoms with Gasteiger partial charge in [-0.15, -0.1) is 0 Å². The van der Waals surface area contributed by atoms with Gasteiger partial charge in [0.05, 0.1) is 0 Å². The first-order chi connectivity index (χ1) is 11.8. The maximum Gasteiger partial charge on any atom is 0.224 e. The molecule has 0 bridgehead atoms. The highest BCUT2D eigenvalue weighted by Crippen LogP contribution is 2.06. The summed E-state index contributed by atoms with van der Waals surface area (Å²) in [7, 11) is 0. The van der Waals surface area contributed by atoms with Crippen molar-refractivity contribution in [1.29, 1.82) is 0 Å². The topological polar surface area (TPSA) is 28.5 Å². The predicted molar refractivity (Wildman–Crippen MR) is 97.5 cm³/mol. The molecule has 0 radical (unpaired) electrons. The Morgan fingerprint density at radius 3 is 2.38 bits per heavy atom. The Balaban J connectivity index is 1.37. The minimum atomic E-state index is 0.267. The van der Waals surface area contributed by atoms with Crippen LogP contribution in [0, 0.1) is 0 Å². The molecule has 1 aliphatic rings. The van der Waals surface area contributed by atoms with Crippen molar-refractivity contribution in [1.82, 2.24) is 14.4 Å². The number of nitrogens with zero attached hydrogens (tertiary/aromatic N) is 3. The van der Waals surface area contributed by atoms with Crippen LogP contribution in [0.3, 0.4) is 0 Å². The quantitative estimate of drug-likeness (QED) is 0.818. The summed E-state index contributed by atoms with van der Waals surface area (Å²) >= 11 is 0. The summed E-state index contributed by atoms with van der Waals surface area (Å²) in [6, 6.07) is 14.3. The number of benzene rings is 1. The lowest BCUT2D eigenvalue weighted by molar-refractivity contribution is -0.133. The number of aromatic nitrogens is 1. The Kier molecular flexibility index (Phi) is 5.85. The summed E-state index contributed by atoms with van der Waals surface area (Å²) in [4.78, 5) is 16.7. The van der Waals surface area contributed by atoms with Gasteiger partial charge in [-0.2, -0.15) is 0 Å². The lowest BCUT2D eigenvalue weighted by atomic mass is 10.2. The van der Waals surface area contributed by atoms with Crippen molar-refractivity contribution in [3.05, 3.63) is 66.5 Å². The molecule has 1 aromatic carbocycles. The van der Waals surface area contributed by atoms with Crippen molar-refractivity contribution in [3.63, 3.8) is 0 Å². The summed E-state index contributed by atoms with van der Waals surface area (Å²) in [6.45, 7) is 5.29. The molecule has 1 aliphatic heterocycles. The molecule has 1 saturated heterocycles. The third-order valence-electron chi connectivity index (χ3n) is 4.45. The zero-order chi connectivity index (χ0) is 16.6. The molecule has 1 fully saturated rings. The van der Waals surface area contributed by atoms with Crippen LogP contribution in [0.4, 0.5) is 0 Å². The number of rotatable bonds is 6. The van der Waals surface area contributed by atoms with E-state index in [0.717, 1.165) is 39.3 Å². The number of piperazine rings is 1. The fraction of sp³-hybridized carbons (Fsp3) is 0.350. The van der Waals surface area contributed by atoms with Crippen molar-refractivity contribution in [2.75, 3.05) is 32.7 Å². The van der Waals surface area contributed by atoms with Crippen molar-refractivity contribution < 1.29 is 4.79 Å². The molecule has 1 aromatic heterocycles. The largest absolute Gasteiger partial charge is 0.354 e. The zero-order valence-corrected chi connectivity index (χ0v) is 14.1. The van der Waals surface area contributed by atoms with Gasteiger partial charge >= 0.3 is 0 Å². The molecule has 2 aromatic rings. The minimum absolute atomic E-state index is 0.267. The molecular formula is C20H25N3O. The highest BCUT2D eigenvalue weighted by Gasteiger charge is 2.19. The third kappa shape index (κ3) is 4.83. The van der Waals surface area contributed by atoms with E-state index < -0.39 is 0 Å². The first kappa shape index (κ1) is 16.5. The standard InChI is InChI=1S/C20H25N3O/c24-20(10-14-21-11-4-5-12-21)23-17-15-22(16-18-23)13-6-9-19-7-2-1-3-8-19/h1-9,11-12H,10,13-18H2/b9-6+. The van der Waals surface area contributed by atoms with E-state index in [2.05, 4.69) is 45.9 Å². The van der Waals surface area contributed by atoms with Crippen LogP contribution < -0.4 is 0 Å². The van der Waals surface area contributed by atoms with Crippen LogP contribution in [0.2, 0.25) is 0 Å². The van der Waals surface area contributed by atoms with E-state index in [0.29, 0.717) is 6.42 Å². The summed E-state index contributed by atoms with van der Waals surface area (Å²) in [5.41, 5.74) is 1.23. The minimum Gasteiger partial charge on any atom is -0.354 e. The van der Waals surface area contributed by atoms with Gasteiger partial charge < -0.3 is 9.47 Å². The second-order valence-corrected chi connectivity index (χ2v) is 6.17. The van der Waals surface area contributed by atoms with E-state index in [9.17, 15) is 4.79 Å². The highest BCUT2D eigenvalue weighted by molar-refractivity contribution is 5.76. The second-order valence-electron chi connectivity index (χ2n) is 6.17. The fourth-order valence-electron chi connectivity index (χ4n) is 2.98. The monoisotopic (exact) mass is 323 g/mol. The zero-order valence-electron chi connectivity index (χ0n) is 14.1. The molecule has 0 N–H and O–H groups in total. The molecule has 126 valence electrons. The Morgan fingerprint density at radius 1 is 0.958 bits per heavy atom. The number of hydrogen-bond donors (Lipinski definition) is 0. The van der Waals surface area contributed by atoms with Gasteiger partial charge in [0.25, 0.3) is 0 Å². The molecule has 3 rings (SSSR count). The average Bonchev–Trinajstić information content (AvgIpc) is 3.15. The Labute approximate surface area is 144 Å². The van der Waals surface area contributed by atoms with Crippen molar-refractivity contribution >= 4 is 12.0 Å². The molecule has 0 saturated carbocycles. The van der Waals surface area contributed by atoms with Crippen LogP contribution >= 0.6 is 0 Å². The normalized spacial score (nSPS) is 15.9. The molecule has 1 amide bonds. The summed E-state index contributed by atoms with van der Waals surface area (Å²) in [5.74, 6) is 0.267. The molecule has 4 nitrogen and oxygen atoms in total. The Bertz CT molecular complexity index is 641. The third-order valence-corrected chi connectivity index (χ3v) is 4.45. The number of amides is 1. The van der Waals surface area contributed by atoms with Crippen LogP contribution in [-0.2, 0) is 11.3 Å². The summed E-state index contributed by atoms with van der Waals surface area (Å²) in [6.07, 6.45) is 8.96. The first-order valence-electron chi connectivity index (χ1n) is 8.64. The van der Waals surface area contributed by atoms with Crippen LogP contribution in [0.1, 0.15) is 12.0 Å². The van der Waals surface area contributed by atoms with Gasteiger partial charge in [0.1, 0.15) is 0 Å². The van der Waals surface area contributed by atoms with E-state index in [4.69, 9.17) is 0 Å². The van der Waals surface area contributed by atoms with Crippen LogP contribution in [0.25, 0.3) is 6.08 Å². The molecule has 24 heavy (non-hydrogen) atoms. The Morgan fingerprint density at radius 2 is 1.67 bits per heavy atom. The molecule has 0 aliphatic carbocycles. The second kappa shape index (κ2) is 8.50. The Hall–Kier alpha value is -2.33. The smallest absolute Gasteiger partial charge is 0.224 e. The number of carbonyl (C=O) groups excluding carboxylic acids is 1. The van der Waals surface area contributed by atoms with E-state index >= 15 is 0 Å². The number of carbonyl (C=O) groups is 1. The lowest BCUT2D eigenvalue weighted by Gasteiger charge is -2.34. The van der Waals surface area contributed by atoms with Gasteiger partial charge in [-0.05, 0) is 17.7 Å². The molecular weight excluding hydrogens is 298 g/mol. The van der Waals surface area contributed by atoms with E-state index in [1.54, 1.807) is 0 Å². The van der Waals surface area contributed by atoms with Crippen LogP contribution in [0.15, 0.2) is 60.9 Å². The van der Waals surface area contributed by atoms with Gasteiger partial charge in [0.15, 0.2) is 0 Å². The first-order valence-corrected chi connectivity index (χ1v) is 8.64. The van der Waals surface area contributed by atoms with Gasteiger partial charge in [-0.25, -0.2) is 0 Å². The molecule has 0 atom stereocenters. The van der Waals surface area contributed by atoms with Crippen LogP contribution in [0.5, 0.6) is 0 Å². The number of aryl methyl sites for hydroxylation is 1. The van der Waals surface area contributed by atoms with Crippen molar-refractivity contribution in [3.8, 4) is 0 Å².